The lowest BCUT2D eigenvalue weighted by atomic mass is 10.1. The van der Waals surface area contributed by atoms with Crippen LogP contribution >= 0.6 is 0 Å². The minimum absolute atomic E-state index is 0.214. The molecule has 0 bridgehead atoms. The number of ether oxygens (including phenoxy) is 1. The molecule has 4 aromatic rings. The molecule has 3 N–H and O–H groups in total. The van der Waals surface area contributed by atoms with Crippen LogP contribution in [0.1, 0.15) is 42.6 Å². The van der Waals surface area contributed by atoms with Crippen molar-refractivity contribution in [3.05, 3.63) is 95.3 Å². The van der Waals surface area contributed by atoms with E-state index in [1.54, 1.807) is 59.9 Å². The normalized spacial score (nSPS) is 13.5. The minimum atomic E-state index is -0.373. The first kappa shape index (κ1) is 32.2. The summed E-state index contributed by atoms with van der Waals surface area (Å²) in [5, 5.41) is 8.62. The summed E-state index contributed by atoms with van der Waals surface area (Å²) in [6.07, 6.45) is 8.73. The monoisotopic (exact) mass is 624 g/mol. The van der Waals surface area contributed by atoms with Gasteiger partial charge in [0.1, 0.15) is 11.4 Å². The molecule has 0 radical (unpaired) electrons. The second kappa shape index (κ2) is 14.7. The van der Waals surface area contributed by atoms with Gasteiger partial charge in [0.15, 0.2) is 0 Å². The van der Waals surface area contributed by atoms with Gasteiger partial charge >= 0.3 is 0 Å². The Morgan fingerprint density at radius 2 is 1.48 bits per heavy atom. The maximum Gasteiger partial charge on any atom is 0.272 e. The fraction of sp³-hybridized carbons (Fsp3) is 0.294. The van der Waals surface area contributed by atoms with Crippen LogP contribution in [0, 0.1) is 0 Å². The Hall–Kier alpha value is -5.20. The van der Waals surface area contributed by atoms with E-state index in [0.717, 1.165) is 36.6 Å². The molecule has 12 heteroatoms. The van der Waals surface area contributed by atoms with Gasteiger partial charge in [-0.3, -0.25) is 24.3 Å². The van der Waals surface area contributed by atoms with Gasteiger partial charge < -0.3 is 34.7 Å². The maximum atomic E-state index is 13.1. The van der Waals surface area contributed by atoms with Crippen LogP contribution in [0.5, 0.6) is 0 Å². The number of anilines is 3. The van der Waals surface area contributed by atoms with Crippen molar-refractivity contribution >= 4 is 46.9 Å². The molecular formula is C34H40N8O4. The fourth-order valence-corrected chi connectivity index (χ4v) is 5.06. The number of morpholine rings is 1. The Morgan fingerprint density at radius 1 is 0.848 bits per heavy atom. The van der Waals surface area contributed by atoms with Crippen LogP contribution in [0.4, 0.5) is 17.1 Å². The highest BCUT2D eigenvalue weighted by Crippen LogP contribution is 2.19. The second-order valence-corrected chi connectivity index (χ2v) is 11.4. The predicted molar refractivity (Wildman–Crippen MR) is 180 cm³/mol. The Bertz CT molecular complexity index is 1700. The molecule has 1 fully saturated rings. The Morgan fingerprint density at radius 3 is 2.09 bits per heavy atom. The highest BCUT2D eigenvalue weighted by atomic mass is 16.5. The van der Waals surface area contributed by atoms with E-state index in [4.69, 9.17) is 4.74 Å². The van der Waals surface area contributed by atoms with E-state index in [-0.39, 0.29) is 17.7 Å². The van der Waals surface area contributed by atoms with Crippen molar-refractivity contribution in [2.24, 2.45) is 14.1 Å². The number of benzene rings is 1. The molecule has 0 unspecified atom stereocenters. The van der Waals surface area contributed by atoms with E-state index in [2.05, 4.69) is 25.8 Å². The maximum absolute atomic E-state index is 13.1. The number of nitrogens with one attached hydrogen (secondary N) is 3. The van der Waals surface area contributed by atoms with Gasteiger partial charge in [0.25, 0.3) is 17.7 Å². The zero-order chi connectivity index (χ0) is 32.6. The number of aryl methyl sites for hydroxylation is 2. The van der Waals surface area contributed by atoms with Crippen LogP contribution in [0.25, 0.3) is 12.2 Å². The summed E-state index contributed by atoms with van der Waals surface area (Å²) >= 11 is 0. The van der Waals surface area contributed by atoms with Gasteiger partial charge in [0.05, 0.1) is 35.8 Å². The molecule has 3 aromatic heterocycles. The summed E-state index contributed by atoms with van der Waals surface area (Å²) < 4.78 is 8.66. The molecule has 1 aromatic carbocycles. The van der Waals surface area contributed by atoms with Crippen LogP contribution in [0.3, 0.4) is 0 Å². The zero-order valence-corrected chi connectivity index (χ0v) is 26.6. The van der Waals surface area contributed by atoms with Crippen LogP contribution < -0.4 is 20.9 Å². The van der Waals surface area contributed by atoms with Gasteiger partial charge in [-0.2, -0.15) is 0 Å². The minimum Gasteiger partial charge on any atom is -0.379 e. The molecule has 1 saturated heterocycles. The third-order valence-electron chi connectivity index (χ3n) is 7.71. The number of rotatable bonds is 11. The van der Waals surface area contributed by atoms with Crippen molar-refractivity contribution in [3.63, 3.8) is 0 Å². The number of pyridine rings is 1. The van der Waals surface area contributed by atoms with Crippen LogP contribution in [0.2, 0.25) is 0 Å². The quantitative estimate of drug-likeness (QED) is 0.233. The summed E-state index contributed by atoms with van der Waals surface area (Å²) in [5.41, 5.74) is 5.02. The lowest BCUT2D eigenvalue weighted by Gasteiger charge is -2.26. The van der Waals surface area contributed by atoms with Crippen molar-refractivity contribution in [2.45, 2.75) is 0 Å². The summed E-state index contributed by atoms with van der Waals surface area (Å²) in [4.78, 5) is 47.4. The van der Waals surface area contributed by atoms with Crippen molar-refractivity contribution in [2.75, 3.05) is 69.0 Å². The average Bonchev–Trinajstić information content (AvgIpc) is 3.61. The Balaban J connectivity index is 1.14. The largest absolute Gasteiger partial charge is 0.379 e. The van der Waals surface area contributed by atoms with E-state index in [0.29, 0.717) is 48.1 Å². The van der Waals surface area contributed by atoms with Gasteiger partial charge in [-0.05, 0) is 48.0 Å². The number of hydrogen-bond donors (Lipinski definition) is 3. The fourth-order valence-electron chi connectivity index (χ4n) is 5.06. The molecule has 0 saturated carbocycles. The number of hydrogen-bond acceptors (Lipinski definition) is 7. The molecule has 0 aliphatic carbocycles. The molecule has 1 aliphatic rings. The molecule has 3 amide bonds. The highest BCUT2D eigenvalue weighted by molar-refractivity contribution is 6.07. The topological polar surface area (TPSA) is 126 Å². The summed E-state index contributed by atoms with van der Waals surface area (Å²) in [6.45, 7) is 4.41. The molecule has 1 aliphatic heterocycles. The lowest BCUT2D eigenvalue weighted by molar-refractivity contribution is 0.0383. The summed E-state index contributed by atoms with van der Waals surface area (Å²) in [7, 11) is 7.48. The molecular weight excluding hydrogens is 584 g/mol. The lowest BCUT2D eigenvalue weighted by Crippen LogP contribution is -2.41. The first-order chi connectivity index (χ1) is 22.2. The van der Waals surface area contributed by atoms with Crippen LogP contribution in [0.15, 0.2) is 67.1 Å². The molecule has 0 spiro atoms. The molecule has 0 atom stereocenters. The van der Waals surface area contributed by atoms with Crippen molar-refractivity contribution in [3.8, 4) is 0 Å². The SMILES string of the molecule is CN(C)c1ccc(/C=C/c2ccc(C(=O)Nc3cc(C(=O)Nc4cc(C(=O)NCCN5CCOCC5)n(C)c4)n(C)c3)cn2)cc1. The van der Waals surface area contributed by atoms with Crippen molar-refractivity contribution in [1.29, 1.82) is 0 Å². The first-order valence-electron chi connectivity index (χ1n) is 15.1. The van der Waals surface area contributed by atoms with Crippen LogP contribution in [-0.4, -0.2) is 90.2 Å². The first-order valence-corrected chi connectivity index (χ1v) is 15.1. The van der Waals surface area contributed by atoms with E-state index >= 15 is 0 Å². The third kappa shape index (κ3) is 8.29. The Kier molecular flexibility index (Phi) is 10.3. The summed E-state index contributed by atoms with van der Waals surface area (Å²) in [6, 6.07) is 14.9. The van der Waals surface area contributed by atoms with Crippen LogP contribution in [-0.2, 0) is 18.8 Å². The van der Waals surface area contributed by atoms with Crippen molar-refractivity contribution in [1.82, 2.24) is 24.3 Å². The molecule has 5 rings (SSSR count). The molecule has 12 nitrogen and oxygen atoms in total. The Labute approximate surface area is 268 Å². The number of amides is 3. The smallest absolute Gasteiger partial charge is 0.272 e. The number of aromatic nitrogens is 3. The number of nitrogens with zero attached hydrogens (tertiary/aromatic N) is 5. The molecule has 240 valence electrons. The van der Waals surface area contributed by atoms with Gasteiger partial charge in [0.2, 0.25) is 0 Å². The van der Waals surface area contributed by atoms with Gasteiger partial charge in [0, 0.05) is 78.6 Å². The zero-order valence-electron chi connectivity index (χ0n) is 26.6. The van der Waals surface area contributed by atoms with E-state index in [9.17, 15) is 14.4 Å². The van der Waals surface area contributed by atoms with Crippen molar-refractivity contribution < 1.29 is 19.1 Å². The van der Waals surface area contributed by atoms with E-state index in [1.807, 2.05) is 55.4 Å². The predicted octanol–water partition coefficient (Wildman–Crippen LogP) is 3.56. The van der Waals surface area contributed by atoms with Gasteiger partial charge in [-0.15, -0.1) is 0 Å². The molecule has 46 heavy (non-hydrogen) atoms. The third-order valence-corrected chi connectivity index (χ3v) is 7.71. The number of carbonyl (C=O) groups excluding carboxylic acids is 3. The van der Waals surface area contributed by atoms with E-state index in [1.165, 1.54) is 6.20 Å². The molecule has 4 heterocycles. The highest BCUT2D eigenvalue weighted by Gasteiger charge is 2.18. The van der Waals surface area contributed by atoms with E-state index < -0.39 is 0 Å². The van der Waals surface area contributed by atoms with Gasteiger partial charge in [-0.25, -0.2) is 0 Å². The standard InChI is InChI=1S/C34H40N8O4/c1-39(2)29-11-6-24(7-12-29)5-9-26-10-8-25(21-36-26)32(43)37-27-20-31(41(4)22-27)34(45)38-28-19-30(40(3)23-28)33(44)35-13-14-42-15-17-46-18-16-42/h5-12,19-23H,13-18H2,1-4H3,(H,35,44)(H,37,43)(H,38,45)/b9-5+. The summed E-state index contributed by atoms with van der Waals surface area (Å²) in [5.74, 6) is -0.928. The number of carbonyl (C=O) groups is 3. The van der Waals surface area contributed by atoms with Gasteiger partial charge in [-0.1, -0.05) is 18.2 Å². The second-order valence-electron chi connectivity index (χ2n) is 11.4. The average molecular weight is 625 g/mol.